The third-order valence-corrected chi connectivity index (χ3v) is 2.41. The molecule has 0 aromatic heterocycles. The highest BCUT2D eigenvalue weighted by Crippen LogP contribution is 2.20. The number of nitrogens with zero attached hydrogens (tertiary/aromatic N) is 2. The maximum atomic E-state index is 10.3. The van der Waals surface area contributed by atoms with E-state index in [0.29, 0.717) is 5.69 Å². The van der Waals surface area contributed by atoms with E-state index in [4.69, 9.17) is 0 Å². The molecule has 0 aliphatic carbocycles. The smallest absolute Gasteiger partial charge is 0.299 e. The molecular formula is C12H10N2O3S. The zero-order valence-electron chi connectivity index (χ0n) is 9.26. The second-order valence-corrected chi connectivity index (χ2v) is 3.97. The summed E-state index contributed by atoms with van der Waals surface area (Å²) in [6, 6.07) is 15.6. The Morgan fingerprint density at radius 3 is 1.89 bits per heavy atom. The standard InChI is InChI=1S/C12H10N2O3S/c15-18(16)17-12-8-6-11(7-9-12)14-13-10-4-2-1-3-5-10/h1-9,18H/b14-13+. The Hall–Kier alpha value is -2.21. The van der Waals surface area contributed by atoms with Crippen LogP contribution in [0.3, 0.4) is 0 Å². The summed E-state index contributed by atoms with van der Waals surface area (Å²) in [6.45, 7) is 0. The minimum atomic E-state index is -2.88. The molecule has 0 atom stereocenters. The fraction of sp³-hybridized carbons (Fsp3) is 0. The van der Waals surface area contributed by atoms with Crippen molar-refractivity contribution in [3.8, 4) is 5.75 Å². The Kier molecular flexibility index (Phi) is 4.03. The van der Waals surface area contributed by atoms with E-state index in [1.807, 2.05) is 30.3 Å². The number of azo groups is 1. The fourth-order valence-corrected chi connectivity index (χ4v) is 1.56. The van der Waals surface area contributed by atoms with Crippen LogP contribution in [0.1, 0.15) is 0 Å². The van der Waals surface area contributed by atoms with Gasteiger partial charge in [0.15, 0.2) is 0 Å². The zero-order chi connectivity index (χ0) is 12.8. The summed E-state index contributed by atoms with van der Waals surface area (Å²) >= 11 is 0. The molecule has 0 aliphatic heterocycles. The molecule has 0 bridgehead atoms. The lowest BCUT2D eigenvalue weighted by atomic mass is 10.3. The Labute approximate surface area is 106 Å². The normalized spacial score (nSPS) is 10.9. The van der Waals surface area contributed by atoms with E-state index < -0.39 is 11.0 Å². The van der Waals surface area contributed by atoms with E-state index in [2.05, 4.69) is 14.4 Å². The highest BCUT2D eigenvalue weighted by molar-refractivity contribution is 7.67. The number of rotatable bonds is 4. The van der Waals surface area contributed by atoms with Gasteiger partial charge in [-0.3, -0.25) is 0 Å². The molecule has 0 heterocycles. The Morgan fingerprint density at radius 1 is 0.778 bits per heavy atom. The number of benzene rings is 2. The number of hydrogen-bond donors (Lipinski definition) is 1. The van der Waals surface area contributed by atoms with Crippen molar-refractivity contribution < 1.29 is 12.6 Å². The minimum Gasteiger partial charge on any atom is -0.384 e. The quantitative estimate of drug-likeness (QED) is 0.680. The van der Waals surface area contributed by atoms with Crippen molar-refractivity contribution >= 4 is 22.4 Å². The van der Waals surface area contributed by atoms with Crippen LogP contribution >= 0.6 is 0 Å². The average Bonchev–Trinajstić information content (AvgIpc) is 2.38. The van der Waals surface area contributed by atoms with Gasteiger partial charge in [-0.05, 0) is 36.4 Å². The molecule has 2 aromatic carbocycles. The van der Waals surface area contributed by atoms with Gasteiger partial charge in [0, 0.05) is 0 Å². The van der Waals surface area contributed by atoms with Gasteiger partial charge in [0.1, 0.15) is 5.75 Å². The van der Waals surface area contributed by atoms with Gasteiger partial charge in [-0.2, -0.15) is 18.6 Å². The lowest BCUT2D eigenvalue weighted by molar-refractivity contribution is 0.510. The zero-order valence-corrected chi connectivity index (χ0v) is 10.2. The maximum Gasteiger partial charge on any atom is 0.299 e. The number of hydrogen-bond acceptors (Lipinski definition) is 5. The Morgan fingerprint density at radius 2 is 1.33 bits per heavy atom. The van der Waals surface area contributed by atoms with E-state index in [0.717, 1.165) is 5.69 Å². The molecule has 0 fully saturated rings. The van der Waals surface area contributed by atoms with Crippen LogP contribution in [0, 0.1) is 0 Å². The molecule has 2 rings (SSSR count). The monoisotopic (exact) mass is 262 g/mol. The minimum absolute atomic E-state index is 0.254. The van der Waals surface area contributed by atoms with Crippen LogP contribution in [0.4, 0.5) is 11.4 Å². The van der Waals surface area contributed by atoms with Gasteiger partial charge in [0.2, 0.25) is 0 Å². The highest BCUT2D eigenvalue weighted by atomic mass is 32.2. The van der Waals surface area contributed by atoms with Crippen LogP contribution in [0.5, 0.6) is 5.75 Å². The van der Waals surface area contributed by atoms with E-state index in [1.54, 1.807) is 12.1 Å². The second-order valence-electron chi connectivity index (χ2n) is 3.34. The molecule has 2 aromatic rings. The van der Waals surface area contributed by atoms with Crippen LogP contribution in [-0.2, 0) is 11.0 Å². The first-order valence-electron chi connectivity index (χ1n) is 5.13. The van der Waals surface area contributed by atoms with Crippen molar-refractivity contribution in [2.75, 3.05) is 0 Å². The summed E-state index contributed by atoms with van der Waals surface area (Å²) in [6.07, 6.45) is 0. The van der Waals surface area contributed by atoms with Crippen molar-refractivity contribution in [3.05, 3.63) is 54.6 Å². The number of thiol groups is 1. The van der Waals surface area contributed by atoms with Crippen LogP contribution in [0.15, 0.2) is 64.8 Å². The predicted molar refractivity (Wildman–Crippen MR) is 68.0 cm³/mol. The van der Waals surface area contributed by atoms with Crippen molar-refractivity contribution in [2.45, 2.75) is 0 Å². The fourth-order valence-electron chi connectivity index (χ4n) is 1.27. The van der Waals surface area contributed by atoms with Crippen LogP contribution in [0.25, 0.3) is 0 Å². The Bertz CT molecular complexity index is 599. The summed E-state index contributed by atoms with van der Waals surface area (Å²) in [5.41, 5.74) is 1.37. The predicted octanol–water partition coefficient (Wildman–Crippen LogP) is 3.01. The average molecular weight is 262 g/mol. The molecule has 18 heavy (non-hydrogen) atoms. The van der Waals surface area contributed by atoms with Gasteiger partial charge in [-0.25, -0.2) is 0 Å². The molecule has 0 amide bonds. The molecule has 0 spiro atoms. The topological polar surface area (TPSA) is 68.1 Å². The van der Waals surface area contributed by atoms with Crippen LogP contribution < -0.4 is 4.18 Å². The first-order chi connectivity index (χ1) is 8.74. The molecule has 0 saturated heterocycles. The largest absolute Gasteiger partial charge is 0.384 e. The third kappa shape index (κ3) is 3.67. The maximum absolute atomic E-state index is 10.3. The van der Waals surface area contributed by atoms with E-state index in [9.17, 15) is 8.42 Å². The first-order valence-corrected chi connectivity index (χ1v) is 6.23. The molecule has 92 valence electrons. The molecular weight excluding hydrogens is 252 g/mol. The van der Waals surface area contributed by atoms with Gasteiger partial charge in [0.05, 0.1) is 11.4 Å². The van der Waals surface area contributed by atoms with Crippen LogP contribution in [0.2, 0.25) is 0 Å². The van der Waals surface area contributed by atoms with Gasteiger partial charge >= 0.3 is 0 Å². The molecule has 0 aliphatic rings. The molecule has 0 unspecified atom stereocenters. The summed E-state index contributed by atoms with van der Waals surface area (Å²) in [5, 5.41) is 8.05. The molecule has 6 heteroatoms. The van der Waals surface area contributed by atoms with Crippen molar-refractivity contribution in [1.82, 2.24) is 0 Å². The molecule has 0 N–H and O–H groups in total. The molecule has 0 radical (unpaired) electrons. The van der Waals surface area contributed by atoms with E-state index >= 15 is 0 Å². The van der Waals surface area contributed by atoms with Crippen molar-refractivity contribution in [3.63, 3.8) is 0 Å². The van der Waals surface area contributed by atoms with Gasteiger partial charge in [-0.1, -0.05) is 18.2 Å². The van der Waals surface area contributed by atoms with Gasteiger partial charge in [-0.15, -0.1) is 0 Å². The third-order valence-electron chi connectivity index (χ3n) is 2.05. The van der Waals surface area contributed by atoms with Crippen molar-refractivity contribution in [2.24, 2.45) is 10.2 Å². The van der Waals surface area contributed by atoms with E-state index in [1.165, 1.54) is 12.1 Å². The molecule has 0 saturated carbocycles. The lowest BCUT2D eigenvalue weighted by Gasteiger charge is -1.97. The highest BCUT2D eigenvalue weighted by Gasteiger charge is 1.95. The van der Waals surface area contributed by atoms with Crippen molar-refractivity contribution in [1.29, 1.82) is 0 Å². The van der Waals surface area contributed by atoms with Crippen LogP contribution in [-0.4, -0.2) is 8.42 Å². The lowest BCUT2D eigenvalue weighted by Crippen LogP contribution is -1.88. The SMILES string of the molecule is O=[SH](=O)Oc1ccc(/N=N/c2ccccc2)cc1. The summed E-state index contributed by atoms with van der Waals surface area (Å²) in [4.78, 5) is 0. The van der Waals surface area contributed by atoms with Gasteiger partial charge < -0.3 is 4.18 Å². The summed E-state index contributed by atoms with van der Waals surface area (Å²) in [5.74, 6) is 0.254. The Balaban J connectivity index is 2.09. The second kappa shape index (κ2) is 5.92. The summed E-state index contributed by atoms with van der Waals surface area (Å²) in [7, 11) is -2.88. The molecule has 5 nitrogen and oxygen atoms in total. The summed E-state index contributed by atoms with van der Waals surface area (Å²) < 4.78 is 25.2. The van der Waals surface area contributed by atoms with E-state index in [-0.39, 0.29) is 5.75 Å². The first kappa shape index (κ1) is 12.3. The van der Waals surface area contributed by atoms with Gasteiger partial charge in [0.25, 0.3) is 11.0 Å².